The van der Waals surface area contributed by atoms with Crippen molar-refractivity contribution in [3.8, 4) is 17.1 Å². The number of aromatic nitrogens is 2. The highest BCUT2D eigenvalue weighted by molar-refractivity contribution is 7.32. The molecule has 1 unspecified atom stereocenters. The Labute approximate surface area is 189 Å². The molecule has 1 N–H and O–H groups in total. The van der Waals surface area contributed by atoms with Crippen LogP contribution in [0, 0.1) is 0 Å². The van der Waals surface area contributed by atoms with Crippen molar-refractivity contribution in [2.24, 2.45) is 0 Å². The minimum atomic E-state index is -3.50. The second-order valence-corrected chi connectivity index (χ2v) is 8.85. The predicted molar refractivity (Wildman–Crippen MR) is 121 cm³/mol. The van der Waals surface area contributed by atoms with Gasteiger partial charge in [0.15, 0.2) is 5.60 Å². The number of cyclic esters (lactones) is 1. The lowest BCUT2D eigenvalue weighted by Gasteiger charge is -2.34. The van der Waals surface area contributed by atoms with Gasteiger partial charge in [-0.2, -0.15) is 0 Å². The summed E-state index contributed by atoms with van der Waals surface area (Å²) in [6.45, 7) is 3.79. The number of nitrogens with zero attached hydrogens (tertiary/aromatic N) is 2. The number of benzene rings is 1. The van der Waals surface area contributed by atoms with Gasteiger partial charge in [0.25, 0.3) is 5.56 Å². The first-order valence-corrected chi connectivity index (χ1v) is 12.0. The Morgan fingerprint density at radius 1 is 1.27 bits per heavy atom. The number of aryl methyl sites for hydroxylation is 1. The molecule has 10 heteroatoms. The summed E-state index contributed by atoms with van der Waals surface area (Å²) in [6, 6.07) is 7.55. The van der Waals surface area contributed by atoms with Crippen LogP contribution < -0.4 is 10.3 Å². The van der Waals surface area contributed by atoms with E-state index in [0.717, 1.165) is 34.2 Å². The zero-order valence-corrected chi connectivity index (χ0v) is 19.4. The third kappa shape index (κ3) is 3.07. The van der Waals surface area contributed by atoms with E-state index in [1.54, 1.807) is 24.7 Å². The van der Waals surface area contributed by atoms with Gasteiger partial charge in [0.2, 0.25) is 0 Å². The molecule has 33 heavy (non-hydrogen) atoms. The number of fused-ring (bicyclic) bond motifs is 5. The van der Waals surface area contributed by atoms with Crippen LogP contribution >= 0.6 is 8.25 Å². The smallest absolute Gasteiger partial charge is 0.344 e. The second kappa shape index (κ2) is 7.80. The number of hydrogen-bond donors (Lipinski definition) is 1. The first-order chi connectivity index (χ1) is 15.8. The van der Waals surface area contributed by atoms with Gasteiger partial charge in [0.1, 0.15) is 12.4 Å². The molecule has 0 saturated heterocycles. The van der Waals surface area contributed by atoms with Gasteiger partial charge in [-0.1, -0.05) is 19.9 Å². The fraction of sp³-hybridized carbons (Fsp3) is 0.348. The van der Waals surface area contributed by atoms with Gasteiger partial charge < -0.3 is 18.9 Å². The van der Waals surface area contributed by atoms with Gasteiger partial charge in [0, 0.05) is 16.5 Å². The van der Waals surface area contributed by atoms with Crippen LogP contribution in [0.25, 0.3) is 22.3 Å². The molecule has 0 amide bonds. The molecule has 0 spiro atoms. The minimum Gasteiger partial charge on any atom is -0.496 e. The Hall–Kier alpha value is -3.00. The zero-order chi connectivity index (χ0) is 23.5. The molecular weight excluding hydrogens is 447 g/mol. The average Bonchev–Trinajstić information content (AvgIpc) is 3.16. The minimum absolute atomic E-state index is 0.0354. The topological polar surface area (TPSA) is 117 Å². The molecule has 9 nitrogen and oxygen atoms in total. The molecular formula is C23H23N2O7P. The molecule has 0 saturated carbocycles. The highest BCUT2D eigenvalue weighted by Crippen LogP contribution is 2.45. The van der Waals surface area contributed by atoms with Crippen molar-refractivity contribution in [2.75, 3.05) is 7.11 Å². The Kier molecular flexibility index (Phi) is 5.16. The SMILES string of the molecule is CCc1ccc2nc3c(cc2c1OC)Cn1c-3cc2c(c1=O)COC(=O)[C@@]2(CC)O[PH](=O)O. The summed E-state index contributed by atoms with van der Waals surface area (Å²) in [6.07, 6.45) is 0.845. The fourth-order valence-electron chi connectivity index (χ4n) is 4.90. The van der Waals surface area contributed by atoms with Crippen LogP contribution in [-0.2, 0) is 43.8 Å². The van der Waals surface area contributed by atoms with Crippen LogP contribution in [0.5, 0.6) is 5.75 Å². The molecule has 2 aliphatic rings. The monoisotopic (exact) mass is 470 g/mol. The summed E-state index contributed by atoms with van der Waals surface area (Å²) in [7, 11) is -1.87. The van der Waals surface area contributed by atoms with E-state index in [9.17, 15) is 19.0 Å². The molecule has 2 aromatic heterocycles. The van der Waals surface area contributed by atoms with Crippen LogP contribution in [0.1, 0.15) is 42.5 Å². The van der Waals surface area contributed by atoms with Gasteiger partial charge in [0.05, 0.1) is 36.1 Å². The molecule has 0 radical (unpaired) electrons. The summed E-state index contributed by atoms with van der Waals surface area (Å²) in [4.78, 5) is 40.4. The van der Waals surface area contributed by atoms with Crippen LogP contribution in [-0.4, -0.2) is 27.5 Å². The highest BCUT2D eigenvalue weighted by atomic mass is 31.1. The highest BCUT2D eigenvalue weighted by Gasteiger charge is 2.49. The Morgan fingerprint density at radius 3 is 2.73 bits per heavy atom. The molecule has 1 aromatic carbocycles. The third-order valence-corrected chi connectivity index (χ3v) is 7.06. The van der Waals surface area contributed by atoms with E-state index >= 15 is 0 Å². The lowest BCUT2D eigenvalue weighted by atomic mass is 9.86. The number of carbonyl (C=O) groups excluding carboxylic acids is 1. The summed E-state index contributed by atoms with van der Waals surface area (Å²) in [5, 5.41) is 0.866. The van der Waals surface area contributed by atoms with Crippen LogP contribution in [0.3, 0.4) is 0 Å². The largest absolute Gasteiger partial charge is 0.496 e. The number of ether oxygens (including phenoxy) is 2. The van der Waals surface area contributed by atoms with Crippen molar-refractivity contribution in [3.63, 3.8) is 0 Å². The standard InChI is InChI=1S/C23H23N2O7P/c1-4-12-6-7-17-14(20(12)30-3)8-13-10-25-18(19(13)24-17)9-16-15(21(25)26)11-31-22(27)23(16,5-2)32-33(28)29/h6-9,33H,4-5,10-11H2,1-3H3,(H,28,29)/t23-/m0/s1. The van der Waals surface area contributed by atoms with E-state index in [2.05, 4.69) is 6.92 Å². The summed E-state index contributed by atoms with van der Waals surface area (Å²) >= 11 is 0. The summed E-state index contributed by atoms with van der Waals surface area (Å²) < 4.78 is 29.3. The molecule has 0 aliphatic carbocycles. The number of esters is 1. The molecule has 3 aromatic rings. The lowest BCUT2D eigenvalue weighted by Crippen LogP contribution is -2.45. The Balaban J connectivity index is 1.77. The van der Waals surface area contributed by atoms with Crippen molar-refractivity contribution in [3.05, 3.63) is 56.9 Å². The van der Waals surface area contributed by atoms with Crippen molar-refractivity contribution in [2.45, 2.75) is 45.4 Å². The number of carbonyl (C=O) groups is 1. The van der Waals surface area contributed by atoms with Gasteiger partial charge in [-0.25, -0.2) is 9.78 Å². The molecule has 172 valence electrons. The van der Waals surface area contributed by atoms with Crippen molar-refractivity contribution < 1.29 is 28.3 Å². The number of methoxy groups -OCH3 is 1. The fourth-order valence-corrected chi connectivity index (χ4v) is 5.53. The molecule has 2 aliphatic heterocycles. The van der Waals surface area contributed by atoms with Gasteiger partial charge >= 0.3 is 14.2 Å². The normalized spacial score (nSPS) is 19.6. The van der Waals surface area contributed by atoms with Gasteiger partial charge in [-0.3, -0.25) is 13.9 Å². The lowest BCUT2D eigenvalue weighted by molar-refractivity contribution is -0.169. The maximum atomic E-state index is 13.4. The zero-order valence-electron chi connectivity index (χ0n) is 18.4. The predicted octanol–water partition coefficient (Wildman–Crippen LogP) is 3.06. The van der Waals surface area contributed by atoms with Gasteiger partial charge in [-0.15, -0.1) is 0 Å². The first kappa shape index (κ1) is 21.8. The van der Waals surface area contributed by atoms with Crippen molar-refractivity contribution in [1.82, 2.24) is 9.55 Å². The summed E-state index contributed by atoms with van der Waals surface area (Å²) in [5.74, 6) is -0.0193. The van der Waals surface area contributed by atoms with Crippen molar-refractivity contribution in [1.29, 1.82) is 0 Å². The molecule has 2 atom stereocenters. The van der Waals surface area contributed by atoms with Crippen LogP contribution in [0.2, 0.25) is 0 Å². The molecule has 4 heterocycles. The van der Waals surface area contributed by atoms with Crippen molar-refractivity contribution >= 4 is 25.1 Å². The second-order valence-electron chi connectivity index (χ2n) is 8.11. The van der Waals surface area contributed by atoms with E-state index in [1.807, 2.05) is 18.2 Å². The maximum Gasteiger partial charge on any atom is 0.344 e. The maximum absolute atomic E-state index is 13.4. The van der Waals surface area contributed by atoms with Crippen LogP contribution in [0.15, 0.2) is 29.1 Å². The van der Waals surface area contributed by atoms with E-state index in [0.29, 0.717) is 17.9 Å². The van der Waals surface area contributed by atoms with E-state index in [1.165, 1.54) is 0 Å². The Bertz CT molecular complexity index is 1410. The summed E-state index contributed by atoms with van der Waals surface area (Å²) in [5.41, 5.74) is 2.14. The Morgan fingerprint density at radius 2 is 2.06 bits per heavy atom. The first-order valence-electron chi connectivity index (χ1n) is 10.7. The molecule has 0 bridgehead atoms. The number of hydrogen-bond acceptors (Lipinski definition) is 7. The third-order valence-electron chi connectivity index (χ3n) is 6.54. The number of pyridine rings is 2. The van der Waals surface area contributed by atoms with E-state index in [-0.39, 0.29) is 29.7 Å². The number of rotatable bonds is 5. The molecule has 0 fully saturated rings. The van der Waals surface area contributed by atoms with Crippen LogP contribution in [0.4, 0.5) is 0 Å². The molecule has 5 rings (SSSR count). The quantitative estimate of drug-likeness (QED) is 0.349. The average molecular weight is 470 g/mol. The van der Waals surface area contributed by atoms with E-state index < -0.39 is 19.8 Å². The van der Waals surface area contributed by atoms with E-state index in [4.69, 9.17) is 19.0 Å². The van der Waals surface area contributed by atoms with Gasteiger partial charge in [-0.05, 0) is 36.6 Å².